The second kappa shape index (κ2) is 4.39. The summed E-state index contributed by atoms with van der Waals surface area (Å²) in [5, 5.41) is 11.9. The number of nitrogens with zero attached hydrogens (tertiary/aromatic N) is 3. The third kappa shape index (κ3) is 1.85. The van der Waals surface area contributed by atoms with Crippen LogP contribution in [0.1, 0.15) is 19.9 Å². The van der Waals surface area contributed by atoms with E-state index in [1.807, 2.05) is 30.3 Å². The van der Waals surface area contributed by atoms with Crippen LogP contribution >= 0.6 is 0 Å². The monoisotopic (exact) mass is 253 g/mol. The van der Waals surface area contributed by atoms with Gasteiger partial charge < -0.3 is 9.77 Å². The van der Waals surface area contributed by atoms with Crippen LogP contribution in [0.25, 0.3) is 22.6 Å². The maximum absolute atomic E-state index is 11.9. The average molecular weight is 253 g/mol. The molecular formula is C15H15N3O. The molecule has 0 atom stereocenters. The third-order valence-corrected chi connectivity index (χ3v) is 3.17. The van der Waals surface area contributed by atoms with Crippen molar-refractivity contribution in [2.75, 3.05) is 0 Å². The fourth-order valence-corrected chi connectivity index (χ4v) is 2.35. The van der Waals surface area contributed by atoms with Gasteiger partial charge in [0.2, 0.25) is 5.82 Å². The fraction of sp³-hybridized carbons (Fsp3) is 0.200. The zero-order chi connectivity index (χ0) is 13.4. The number of imidazole rings is 1. The molecule has 2 aromatic heterocycles. The molecule has 0 saturated heterocycles. The summed E-state index contributed by atoms with van der Waals surface area (Å²) in [6.07, 6.45) is 1.50. The lowest BCUT2D eigenvalue weighted by atomic mass is 10.3. The Morgan fingerprint density at radius 3 is 2.58 bits per heavy atom. The maximum Gasteiger partial charge on any atom is 0.259 e. The predicted molar refractivity (Wildman–Crippen MR) is 74.5 cm³/mol. The lowest BCUT2D eigenvalue weighted by molar-refractivity contribution is -0.594. The highest BCUT2D eigenvalue weighted by atomic mass is 16.5. The van der Waals surface area contributed by atoms with E-state index in [1.54, 1.807) is 12.1 Å². The number of aromatic nitrogens is 3. The summed E-state index contributed by atoms with van der Waals surface area (Å²) in [5.74, 6) is 0.715. The normalized spacial score (nSPS) is 11.3. The Hall–Kier alpha value is -2.36. The third-order valence-electron chi connectivity index (χ3n) is 3.17. The van der Waals surface area contributed by atoms with Crippen LogP contribution in [0.2, 0.25) is 0 Å². The molecule has 0 aliphatic carbocycles. The SMILES string of the molecule is CC(C)n1c(-c2cccc[n+]2[O-])nc2ccccc21. The van der Waals surface area contributed by atoms with Gasteiger partial charge in [0.25, 0.3) is 5.69 Å². The predicted octanol–water partition coefficient (Wildman–Crippen LogP) is 2.92. The summed E-state index contributed by atoms with van der Waals surface area (Å²) < 4.78 is 2.96. The van der Waals surface area contributed by atoms with Crippen molar-refractivity contribution < 1.29 is 4.73 Å². The van der Waals surface area contributed by atoms with Gasteiger partial charge in [-0.2, -0.15) is 4.73 Å². The molecule has 0 spiro atoms. The van der Waals surface area contributed by atoms with E-state index in [0.29, 0.717) is 11.5 Å². The minimum Gasteiger partial charge on any atom is -0.618 e. The fourth-order valence-electron chi connectivity index (χ4n) is 2.35. The Kier molecular flexibility index (Phi) is 2.71. The standard InChI is InChI=1S/C15H15N3O/c1-11(2)18-13-8-4-3-7-12(13)16-15(18)14-9-5-6-10-17(14)19/h3-11H,1-2H3. The highest BCUT2D eigenvalue weighted by Crippen LogP contribution is 2.26. The number of benzene rings is 1. The molecule has 2 heterocycles. The van der Waals surface area contributed by atoms with Crippen LogP contribution in [0.4, 0.5) is 0 Å². The van der Waals surface area contributed by atoms with Crippen molar-refractivity contribution in [2.24, 2.45) is 0 Å². The van der Waals surface area contributed by atoms with E-state index >= 15 is 0 Å². The quantitative estimate of drug-likeness (QED) is 0.520. The molecule has 96 valence electrons. The van der Waals surface area contributed by atoms with Crippen LogP contribution in [-0.2, 0) is 0 Å². The summed E-state index contributed by atoms with van der Waals surface area (Å²) in [5.41, 5.74) is 2.54. The van der Waals surface area contributed by atoms with E-state index in [0.717, 1.165) is 15.8 Å². The molecule has 0 aliphatic heterocycles. The highest BCUT2D eigenvalue weighted by molar-refractivity contribution is 5.79. The van der Waals surface area contributed by atoms with Crippen molar-refractivity contribution in [1.82, 2.24) is 9.55 Å². The van der Waals surface area contributed by atoms with Gasteiger partial charge in [0.15, 0.2) is 6.20 Å². The minimum atomic E-state index is 0.239. The molecule has 0 bridgehead atoms. The minimum absolute atomic E-state index is 0.239. The number of fused-ring (bicyclic) bond motifs is 1. The Bertz CT molecular complexity index is 731. The summed E-state index contributed by atoms with van der Waals surface area (Å²) >= 11 is 0. The van der Waals surface area contributed by atoms with Gasteiger partial charge in [-0.15, -0.1) is 0 Å². The maximum atomic E-state index is 11.9. The summed E-state index contributed by atoms with van der Waals surface area (Å²) in [6.45, 7) is 4.19. The van der Waals surface area contributed by atoms with Crippen molar-refractivity contribution in [1.29, 1.82) is 0 Å². The molecule has 4 heteroatoms. The summed E-state index contributed by atoms with van der Waals surface area (Å²) in [7, 11) is 0. The van der Waals surface area contributed by atoms with Gasteiger partial charge >= 0.3 is 0 Å². The van der Waals surface area contributed by atoms with E-state index < -0.39 is 0 Å². The molecule has 0 saturated carbocycles. The lowest BCUT2D eigenvalue weighted by Gasteiger charge is -2.12. The molecule has 1 aromatic carbocycles. The number of para-hydroxylation sites is 2. The second-order valence-corrected chi connectivity index (χ2v) is 4.80. The molecule has 0 N–H and O–H groups in total. The molecular weight excluding hydrogens is 238 g/mol. The smallest absolute Gasteiger partial charge is 0.259 e. The molecule has 0 fully saturated rings. The van der Waals surface area contributed by atoms with Gasteiger partial charge in [0.05, 0.1) is 11.0 Å². The van der Waals surface area contributed by atoms with E-state index in [-0.39, 0.29) is 6.04 Å². The largest absolute Gasteiger partial charge is 0.618 e. The van der Waals surface area contributed by atoms with Crippen LogP contribution in [-0.4, -0.2) is 9.55 Å². The van der Waals surface area contributed by atoms with E-state index in [2.05, 4.69) is 23.4 Å². The van der Waals surface area contributed by atoms with Gasteiger partial charge in [0.1, 0.15) is 0 Å². The molecule has 0 aliphatic rings. The first-order valence-electron chi connectivity index (χ1n) is 6.34. The van der Waals surface area contributed by atoms with Gasteiger partial charge in [-0.25, -0.2) is 4.98 Å². The number of rotatable bonds is 2. The molecule has 4 nitrogen and oxygen atoms in total. The Labute approximate surface area is 111 Å². The average Bonchev–Trinajstić information content (AvgIpc) is 2.78. The van der Waals surface area contributed by atoms with Gasteiger partial charge in [-0.3, -0.25) is 0 Å². The van der Waals surface area contributed by atoms with Gasteiger partial charge in [-0.05, 0) is 32.0 Å². The van der Waals surface area contributed by atoms with Crippen molar-refractivity contribution in [3.05, 3.63) is 53.9 Å². The van der Waals surface area contributed by atoms with Crippen LogP contribution in [0, 0.1) is 5.21 Å². The highest BCUT2D eigenvalue weighted by Gasteiger charge is 2.19. The van der Waals surface area contributed by atoms with Crippen molar-refractivity contribution in [3.8, 4) is 11.5 Å². The number of hydrogen-bond donors (Lipinski definition) is 0. The van der Waals surface area contributed by atoms with Crippen LogP contribution < -0.4 is 4.73 Å². The van der Waals surface area contributed by atoms with Gasteiger partial charge in [-0.1, -0.05) is 12.1 Å². The first-order chi connectivity index (χ1) is 9.18. The Balaban J connectivity index is 2.35. The Morgan fingerprint density at radius 1 is 1.11 bits per heavy atom. The Morgan fingerprint density at radius 2 is 1.84 bits per heavy atom. The number of hydrogen-bond acceptors (Lipinski definition) is 2. The zero-order valence-electron chi connectivity index (χ0n) is 10.9. The van der Waals surface area contributed by atoms with E-state index in [4.69, 9.17) is 0 Å². The first kappa shape index (κ1) is 11.7. The molecule has 19 heavy (non-hydrogen) atoms. The van der Waals surface area contributed by atoms with E-state index in [9.17, 15) is 5.21 Å². The van der Waals surface area contributed by atoms with Crippen molar-refractivity contribution >= 4 is 11.0 Å². The van der Waals surface area contributed by atoms with Crippen LogP contribution in [0.15, 0.2) is 48.7 Å². The van der Waals surface area contributed by atoms with Crippen LogP contribution in [0.5, 0.6) is 0 Å². The summed E-state index contributed by atoms with van der Waals surface area (Å²) in [4.78, 5) is 4.61. The molecule has 3 aromatic rings. The van der Waals surface area contributed by atoms with Crippen LogP contribution in [0.3, 0.4) is 0 Å². The molecule has 0 amide bonds. The molecule has 0 unspecified atom stereocenters. The summed E-state index contributed by atoms with van der Waals surface area (Å²) in [6, 6.07) is 13.6. The zero-order valence-corrected chi connectivity index (χ0v) is 10.9. The first-order valence-corrected chi connectivity index (χ1v) is 6.34. The van der Waals surface area contributed by atoms with E-state index in [1.165, 1.54) is 6.20 Å². The van der Waals surface area contributed by atoms with Gasteiger partial charge in [0, 0.05) is 18.2 Å². The second-order valence-electron chi connectivity index (χ2n) is 4.80. The lowest BCUT2D eigenvalue weighted by Crippen LogP contribution is -2.29. The van der Waals surface area contributed by atoms with Crippen molar-refractivity contribution in [2.45, 2.75) is 19.9 Å². The molecule has 3 rings (SSSR count). The van der Waals surface area contributed by atoms with Crippen molar-refractivity contribution in [3.63, 3.8) is 0 Å². The number of pyridine rings is 1. The topological polar surface area (TPSA) is 44.8 Å². The molecule has 0 radical (unpaired) electrons.